The third kappa shape index (κ3) is 3.37. The molecule has 0 saturated carbocycles. The van der Waals surface area contributed by atoms with Gasteiger partial charge in [0.2, 0.25) is 0 Å². The first-order valence-corrected chi connectivity index (χ1v) is 8.11. The molecule has 4 nitrogen and oxygen atoms in total. The van der Waals surface area contributed by atoms with Crippen LogP contribution in [0.1, 0.15) is 35.7 Å². The summed E-state index contributed by atoms with van der Waals surface area (Å²) in [6.45, 7) is 1.76. The van der Waals surface area contributed by atoms with Crippen LogP contribution in [-0.4, -0.2) is 17.2 Å². The second-order valence-corrected chi connectivity index (χ2v) is 6.36. The molecule has 0 spiro atoms. The highest BCUT2D eigenvalue weighted by Gasteiger charge is 2.32. The van der Waals surface area contributed by atoms with Crippen molar-refractivity contribution in [1.29, 1.82) is 0 Å². The average Bonchev–Trinajstić information content (AvgIpc) is 2.83. The van der Waals surface area contributed by atoms with Gasteiger partial charge in [-0.15, -0.1) is 0 Å². The Labute approximate surface area is 144 Å². The third-order valence-corrected chi connectivity index (χ3v) is 4.59. The van der Waals surface area contributed by atoms with E-state index in [2.05, 4.69) is 10.6 Å². The van der Waals surface area contributed by atoms with Crippen LogP contribution in [0.4, 0.5) is 9.18 Å². The summed E-state index contributed by atoms with van der Waals surface area (Å²) in [5.74, 6) is -0.425. The van der Waals surface area contributed by atoms with Gasteiger partial charge in [-0.3, -0.25) is 0 Å². The van der Waals surface area contributed by atoms with Crippen LogP contribution in [0.5, 0.6) is 0 Å². The second kappa shape index (κ2) is 6.79. The number of urea groups is 1. The van der Waals surface area contributed by atoms with E-state index in [1.807, 2.05) is 24.3 Å². The van der Waals surface area contributed by atoms with Crippen LogP contribution >= 0.6 is 11.6 Å². The SMILES string of the molecule is CC(NC(=O)NC1c2ccccc2CC1O)c1ccc(F)cc1Cl. The molecule has 0 fully saturated rings. The van der Waals surface area contributed by atoms with Crippen molar-refractivity contribution in [3.8, 4) is 0 Å². The van der Waals surface area contributed by atoms with Crippen molar-refractivity contribution in [2.75, 3.05) is 0 Å². The Morgan fingerprint density at radius 3 is 2.83 bits per heavy atom. The van der Waals surface area contributed by atoms with Crippen LogP contribution < -0.4 is 10.6 Å². The molecule has 3 rings (SSSR count). The lowest BCUT2D eigenvalue weighted by Gasteiger charge is -2.21. The van der Waals surface area contributed by atoms with E-state index in [1.54, 1.807) is 13.0 Å². The van der Waals surface area contributed by atoms with E-state index in [0.717, 1.165) is 11.1 Å². The summed E-state index contributed by atoms with van der Waals surface area (Å²) in [6.07, 6.45) is -0.140. The minimum Gasteiger partial charge on any atom is -0.390 e. The van der Waals surface area contributed by atoms with Crippen LogP contribution in [-0.2, 0) is 6.42 Å². The Morgan fingerprint density at radius 2 is 2.08 bits per heavy atom. The molecule has 2 amide bonds. The second-order valence-electron chi connectivity index (χ2n) is 5.95. The predicted molar refractivity (Wildman–Crippen MR) is 90.4 cm³/mol. The minimum absolute atomic E-state index is 0.258. The van der Waals surface area contributed by atoms with Gasteiger partial charge >= 0.3 is 6.03 Å². The predicted octanol–water partition coefficient (Wildman–Crippen LogP) is 3.50. The van der Waals surface area contributed by atoms with Gasteiger partial charge in [0.1, 0.15) is 5.82 Å². The number of carbonyl (C=O) groups is 1. The van der Waals surface area contributed by atoms with Gasteiger partial charge in [0, 0.05) is 11.4 Å². The van der Waals surface area contributed by atoms with E-state index < -0.39 is 30.0 Å². The highest BCUT2D eigenvalue weighted by atomic mass is 35.5. The molecule has 0 radical (unpaired) electrons. The molecular weight excluding hydrogens is 331 g/mol. The molecule has 0 aliphatic heterocycles. The van der Waals surface area contributed by atoms with Crippen molar-refractivity contribution in [3.63, 3.8) is 0 Å². The van der Waals surface area contributed by atoms with Gasteiger partial charge in [-0.2, -0.15) is 0 Å². The van der Waals surface area contributed by atoms with Crippen molar-refractivity contribution in [2.24, 2.45) is 0 Å². The molecule has 0 aromatic heterocycles. The standard InChI is InChI=1S/C18H18ClFN2O2/c1-10(13-7-6-12(20)9-15(13)19)21-18(24)22-17-14-5-3-2-4-11(14)8-16(17)23/h2-7,9-10,16-17,23H,8H2,1H3,(H2,21,22,24). The number of fused-ring (bicyclic) bond motifs is 1. The fraction of sp³-hybridized carbons (Fsp3) is 0.278. The number of rotatable bonds is 3. The topological polar surface area (TPSA) is 61.4 Å². The first-order chi connectivity index (χ1) is 11.5. The highest BCUT2D eigenvalue weighted by Crippen LogP contribution is 2.31. The molecule has 6 heteroatoms. The molecule has 3 N–H and O–H groups in total. The number of carbonyl (C=O) groups excluding carboxylic acids is 1. The van der Waals surface area contributed by atoms with E-state index in [-0.39, 0.29) is 5.02 Å². The third-order valence-electron chi connectivity index (χ3n) is 4.27. The zero-order valence-corrected chi connectivity index (χ0v) is 13.8. The summed E-state index contributed by atoms with van der Waals surface area (Å²) >= 11 is 6.02. The van der Waals surface area contributed by atoms with E-state index in [9.17, 15) is 14.3 Å². The molecule has 2 aromatic carbocycles. The van der Waals surface area contributed by atoms with Gasteiger partial charge in [-0.05, 0) is 35.7 Å². The molecule has 0 saturated heterocycles. The quantitative estimate of drug-likeness (QED) is 0.795. The summed E-state index contributed by atoms with van der Waals surface area (Å²) in [5, 5.41) is 16.0. The Bertz CT molecular complexity index is 768. The van der Waals surface area contributed by atoms with Gasteiger partial charge in [0.25, 0.3) is 0 Å². The van der Waals surface area contributed by atoms with Crippen molar-refractivity contribution < 1.29 is 14.3 Å². The molecule has 3 atom stereocenters. The largest absolute Gasteiger partial charge is 0.390 e. The Kier molecular flexibility index (Phi) is 4.73. The number of amides is 2. The Balaban J connectivity index is 1.67. The number of halogens is 2. The fourth-order valence-corrected chi connectivity index (χ4v) is 3.39. The van der Waals surface area contributed by atoms with E-state index in [0.29, 0.717) is 12.0 Å². The van der Waals surface area contributed by atoms with E-state index in [4.69, 9.17) is 11.6 Å². The smallest absolute Gasteiger partial charge is 0.315 e. The van der Waals surface area contributed by atoms with Crippen molar-refractivity contribution in [3.05, 3.63) is 70.0 Å². The number of aliphatic hydroxyl groups is 1. The first-order valence-electron chi connectivity index (χ1n) is 7.73. The summed E-state index contributed by atoms with van der Waals surface area (Å²) in [5.41, 5.74) is 2.58. The average molecular weight is 349 g/mol. The number of nitrogens with one attached hydrogen (secondary N) is 2. The van der Waals surface area contributed by atoms with Crippen LogP contribution in [0.25, 0.3) is 0 Å². The molecule has 1 aliphatic rings. The molecule has 2 aromatic rings. The van der Waals surface area contributed by atoms with Gasteiger partial charge in [-0.1, -0.05) is 41.9 Å². The van der Waals surface area contributed by atoms with Crippen LogP contribution in [0.3, 0.4) is 0 Å². The lowest BCUT2D eigenvalue weighted by molar-refractivity contribution is 0.142. The number of benzene rings is 2. The van der Waals surface area contributed by atoms with Crippen LogP contribution in [0, 0.1) is 5.82 Å². The molecular formula is C18H18ClFN2O2. The zero-order chi connectivity index (χ0) is 17.3. The molecule has 24 heavy (non-hydrogen) atoms. The molecule has 0 bridgehead atoms. The summed E-state index contributed by atoms with van der Waals surface area (Å²) in [4.78, 5) is 12.3. The van der Waals surface area contributed by atoms with Gasteiger partial charge in [0.15, 0.2) is 0 Å². The Hall–Kier alpha value is -2.11. The van der Waals surface area contributed by atoms with Gasteiger partial charge in [0.05, 0.1) is 18.2 Å². The summed E-state index contributed by atoms with van der Waals surface area (Å²) in [7, 11) is 0. The lowest BCUT2D eigenvalue weighted by Crippen LogP contribution is -2.41. The van der Waals surface area contributed by atoms with Crippen molar-refractivity contribution in [2.45, 2.75) is 31.5 Å². The minimum atomic E-state index is -0.655. The Morgan fingerprint density at radius 1 is 1.33 bits per heavy atom. The molecule has 126 valence electrons. The van der Waals surface area contributed by atoms with Gasteiger partial charge in [-0.25, -0.2) is 9.18 Å². The highest BCUT2D eigenvalue weighted by molar-refractivity contribution is 6.31. The maximum absolute atomic E-state index is 13.1. The molecule has 0 heterocycles. The molecule has 3 unspecified atom stereocenters. The number of hydrogen-bond acceptors (Lipinski definition) is 2. The van der Waals surface area contributed by atoms with E-state index in [1.165, 1.54) is 12.1 Å². The lowest BCUT2D eigenvalue weighted by atomic mass is 10.1. The summed E-state index contributed by atoms with van der Waals surface area (Å²) < 4.78 is 13.1. The maximum atomic E-state index is 13.1. The monoisotopic (exact) mass is 348 g/mol. The van der Waals surface area contributed by atoms with Crippen LogP contribution in [0.2, 0.25) is 5.02 Å². The first kappa shape index (κ1) is 16.7. The van der Waals surface area contributed by atoms with Crippen molar-refractivity contribution >= 4 is 17.6 Å². The normalized spacial score (nSPS) is 20.3. The summed E-state index contributed by atoms with van der Waals surface area (Å²) in [6, 6.07) is 10.4. The van der Waals surface area contributed by atoms with Crippen LogP contribution in [0.15, 0.2) is 42.5 Å². The number of aliphatic hydroxyl groups excluding tert-OH is 1. The zero-order valence-electron chi connectivity index (χ0n) is 13.1. The fourth-order valence-electron chi connectivity index (χ4n) is 3.06. The molecule has 1 aliphatic carbocycles. The van der Waals surface area contributed by atoms with Gasteiger partial charge < -0.3 is 15.7 Å². The van der Waals surface area contributed by atoms with Crippen molar-refractivity contribution in [1.82, 2.24) is 10.6 Å². The number of hydrogen-bond donors (Lipinski definition) is 3. The maximum Gasteiger partial charge on any atom is 0.315 e. The van der Waals surface area contributed by atoms with E-state index >= 15 is 0 Å².